The van der Waals surface area contributed by atoms with E-state index in [0.29, 0.717) is 16.8 Å². The number of hydrogen-bond acceptors (Lipinski definition) is 5. The van der Waals surface area contributed by atoms with Crippen LogP contribution in [0.15, 0.2) is 58.2 Å². The third kappa shape index (κ3) is 2.81. The number of benzene rings is 2. The molecule has 1 N–H and O–H groups in total. The number of fused-ring (bicyclic) bond motifs is 1. The minimum absolute atomic E-state index is 0.131. The number of hydrogen-bond donors (Lipinski definition) is 1. The Morgan fingerprint density at radius 3 is 2.86 bits per heavy atom. The molecule has 0 radical (unpaired) electrons. The second-order valence-electron chi connectivity index (χ2n) is 4.62. The molecular weight excluding hydrogens is 304 g/mol. The maximum Gasteiger partial charge on any atom is 0.241 e. The lowest BCUT2D eigenvalue weighted by Crippen LogP contribution is -2.23. The van der Waals surface area contributed by atoms with Crippen molar-refractivity contribution in [2.75, 3.05) is 7.11 Å². The molecule has 0 spiro atoms. The van der Waals surface area contributed by atoms with Gasteiger partial charge in [0.1, 0.15) is 11.3 Å². The number of sulfonamides is 1. The maximum absolute atomic E-state index is 12.4. The van der Waals surface area contributed by atoms with E-state index in [1.54, 1.807) is 25.3 Å². The molecule has 0 atom stereocenters. The van der Waals surface area contributed by atoms with Crippen LogP contribution in [-0.2, 0) is 16.6 Å². The minimum Gasteiger partial charge on any atom is -0.496 e. The number of rotatable bonds is 5. The summed E-state index contributed by atoms with van der Waals surface area (Å²) in [6.45, 7) is 0.140. The molecule has 3 aromatic rings. The molecule has 1 heterocycles. The molecule has 7 heteroatoms. The lowest BCUT2D eigenvalue weighted by atomic mass is 10.2. The average Bonchev–Trinajstić information content (AvgIpc) is 3.01. The summed E-state index contributed by atoms with van der Waals surface area (Å²) in [6, 6.07) is 11.8. The van der Waals surface area contributed by atoms with Crippen molar-refractivity contribution >= 4 is 21.1 Å². The fourth-order valence-corrected chi connectivity index (χ4v) is 3.13. The number of nitrogens with zero attached hydrogens (tertiary/aromatic N) is 1. The van der Waals surface area contributed by atoms with E-state index in [1.807, 2.05) is 12.1 Å². The summed E-state index contributed by atoms with van der Waals surface area (Å²) < 4.78 is 37.6. The molecule has 2 aromatic carbocycles. The molecule has 0 aliphatic heterocycles. The van der Waals surface area contributed by atoms with Gasteiger partial charge in [-0.05, 0) is 18.2 Å². The van der Waals surface area contributed by atoms with Gasteiger partial charge in [0, 0.05) is 18.2 Å². The molecule has 0 aliphatic carbocycles. The number of para-hydroxylation sites is 1. The van der Waals surface area contributed by atoms with Gasteiger partial charge in [-0.2, -0.15) is 0 Å². The van der Waals surface area contributed by atoms with Crippen molar-refractivity contribution in [3.05, 3.63) is 54.4 Å². The van der Waals surface area contributed by atoms with E-state index in [1.165, 1.54) is 18.5 Å². The van der Waals surface area contributed by atoms with Crippen LogP contribution >= 0.6 is 0 Å². The van der Waals surface area contributed by atoms with Crippen LogP contribution in [0.1, 0.15) is 5.56 Å². The first-order chi connectivity index (χ1) is 10.6. The summed E-state index contributed by atoms with van der Waals surface area (Å²) in [6.07, 6.45) is 1.28. The van der Waals surface area contributed by atoms with Crippen molar-refractivity contribution in [2.45, 2.75) is 11.4 Å². The molecule has 0 saturated carbocycles. The molecule has 0 unspecified atom stereocenters. The maximum atomic E-state index is 12.4. The van der Waals surface area contributed by atoms with E-state index in [0.717, 1.165) is 5.56 Å². The van der Waals surface area contributed by atoms with Gasteiger partial charge in [0.2, 0.25) is 10.0 Å². The standard InChI is InChI=1S/C15H14N2O4S/c1-20-14-5-3-2-4-11(14)9-17-22(18,19)12-6-7-13-15(8-12)21-10-16-13/h2-8,10,17H,9H2,1H3. The number of aromatic nitrogens is 1. The van der Waals surface area contributed by atoms with Crippen LogP contribution in [0.2, 0.25) is 0 Å². The highest BCUT2D eigenvalue weighted by Gasteiger charge is 2.16. The third-order valence-electron chi connectivity index (χ3n) is 3.26. The van der Waals surface area contributed by atoms with Crippen molar-refractivity contribution < 1.29 is 17.6 Å². The normalized spacial score (nSPS) is 11.7. The first-order valence-electron chi connectivity index (χ1n) is 6.55. The summed E-state index contributed by atoms with van der Waals surface area (Å²) in [5.74, 6) is 0.635. The van der Waals surface area contributed by atoms with Crippen molar-refractivity contribution in [2.24, 2.45) is 0 Å². The third-order valence-corrected chi connectivity index (χ3v) is 4.66. The predicted octanol–water partition coefficient (Wildman–Crippen LogP) is 2.31. The van der Waals surface area contributed by atoms with Gasteiger partial charge in [-0.25, -0.2) is 18.1 Å². The molecule has 0 fully saturated rings. The van der Waals surface area contributed by atoms with Gasteiger partial charge >= 0.3 is 0 Å². The zero-order valence-corrected chi connectivity index (χ0v) is 12.6. The molecule has 6 nitrogen and oxygen atoms in total. The Morgan fingerprint density at radius 1 is 1.23 bits per heavy atom. The zero-order valence-electron chi connectivity index (χ0n) is 11.8. The van der Waals surface area contributed by atoms with Crippen LogP contribution < -0.4 is 9.46 Å². The summed E-state index contributed by atoms with van der Waals surface area (Å²) >= 11 is 0. The zero-order chi connectivity index (χ0) is 15.6. The summed E-state index contributed by atoms with van der Waals surface area (Å²) in [7, 11) is -2.10. The van der Waals surface area contributed by atoms with E-state index in [4.69, 9.17) is 9.15 Å². The highest BCUT2D eigenvalue weighted by Crippen LogP contribution is 2.20. The molecule has 0 amide bonds. The van der Waals surface area contributed by atoms with Gasteiger partial charge in [-0.1, -0.05) is 18.2 Å². The van der Waals surface area contributed by atoms with E-state index in [9.17, 15) is 8.42 Å². The van der Waals surface area contributed by atoms with Crippen LogP contribution in [0.25, 0.3) is 11.1 Å². The molecule has 0 aliphatic rings. The van der Waals surface area contributed by atoms with E-state index < -0.39 is 10.0 Å². The first-order valence-corrected chi connectivity index (χ1v) is 8.03. The predicted molar refractivity (Wildman–Crippen MR) is 81.0 cm³/mol. The number of oxazole rings is 1. The minimum atomic E-state index is -3.65. The lowest BCUT2D eigenvalue weighted by Gasteiger charge is -2.10. The lowest BCUT2D eigenvalue weighted by molar-refractivity contribution is 0.409. The molecule has 1 aromatic heterocycles. The Kier molecular flexibility index (Phi) is 3.82. The monoisotopic (exact) mass is 318 g/mol. The summed E-state index contributed by atoms with van der Waals surface area (Å²) in [5, 5.41) is 0. The van der Waals surface area contributed by atoms with Gasteiger partial charge in [0.05, 0.1) is 12.0 Å². The summed E-state index contributed by atoms with van der Waals surface area (Å²) in [4.78, 5) is 4.09. The number of ether oxygens (including phenoxy) is 1. The quantitative estimate of drug-likeness (QED) is 0.780. The Labute approximate surface area is 127 Å². The Bertz CT molecular complexity index is 903. The molecule has 0 bridgehead atoms. The molecule has 0 saturated heterocycles. The van der Waals surface area contributed by atoms with Crippen LogP contribution in [-0.4, -0.2) is 20.5 Å². The second-order valence-corrected chi connectivity index (χ2v) is 6.39. The Balaban J connectivity index is 1.84. The van der Waals surface area contributed by atoms with Crippen LogP contribution in [0.4, 0.5) is 0 Å². The number of methoxy groups -OCH3 is 1. The average molecular weight is 318 g/mol. The van der Waals surface area contributed by atoms with Crippen LogP contribution in [0, 0.1) is 0 Å². The molecule has 114 valence electrons. The van der Waals surface area contributed by atoms with E-state index >= 15 is 0 Å². The molecular formula is C15H14N2O4S. The smallest absolute Gasteiger partial charge is 0.241 e. The molecule has 3 rings (SSSR count). The van der Waals surface area contributed by atoms with Crippen molar-refractivity contribution in [1.82, 2.24) is 9.71 Å². The fourth-order valence-electron chi connectivity index (χ4n) is 2.11. The van der Waals surface area contributed by atoms with E-state index in [-0.39, 0.29) is 11.4 Å². The largest absolute Gasteiger partial charge is 0.496 e. The molecule has 22 heavy (non-hydrogen) atoms. The Morgan fingerprint density at radius 2 is 2.05 bits per heavy atom. The van der Waals surface area contributed by atoms with Gasteiger partial charge in [-0.15, -0.1) is 0 Å². The highest BCUT2D eigenvalue weighted by atomic mass is 32.2. The topological polar surface area (TPSA) is 81.4 Å². The van der Waals surface area contributed by atoms with Crippen LogP contribution in [0.3, 0.4) is 0 Å². The van der Waals surface area contributed by atoms with Gasteiger partial charge in [0.25, 0.3) is 0 Å². The van der Waals surface area contributed by atoms with Crippen LogP contribution in [0.5, 0.6) is 5.75 Å². The van der Waals surface area contributed by atoms with Crippen molar-refractivity contribution in [3.63, 3.8) is 0 Å². The number of nitrogens with one attached hydrogen (secondary N) is 1. The van der Waals surface area contributed by atoms with Gasteiger partial charge in [0.15, 0.2) is 12.0 Å². The summed E-state index contributed by atoms with van der Waals surface area (Å²) in [5.41, 5.74) is 1.80. The van der Waals surface area contributed by atoms with Gasteiger partial charge in [-0.3, -0.25) is 0 Å². The van der Waals surface area contributed by atoms with Crippen molar-refractivity contribution in [3.8, 4) is 5.75 Å². The van der Waals surface area contributed by atoms with Gasteiger partial charge < -0.3 is 9.15 Å². The Hall–Kier alpha value is -2.38. The highest BCUT2D eigenvalue weighted by molar-refractivity contribution is 7.89. The van der Waals surface area contributed by atoms with Crippen molar-refractivity contribution in [1.29, 1.82) is 0 Å². The second kappa shape index (κ2) is 5.78. The van der Waals surface area contributed by atoms with E-state index in [2.05, 4.69) is 9.71 Å². The first kappa shape index (κ1) is 14.6. The fraction of sp³-hybridized carbons (Fsp3) is 0.133. The SMILES string of the molecule is COc1ccccc1CNS(=O)(=O)c1ccc2ncoc2c1.